The molecule has 0 amide bonds. The SMILES string of the molecule is Clc1cccc2c1sc1cc3cccnc3cc12. The van der Waals surface area contributed by atoms with E-state index in [0.717, 1.165) is 15.2 Å². The van der Waals surface area contributed by atoms with Crippen molar-refractivity contribution in [1.82, 2.24) is 4.98 Å². The van der Waals surface area contributed by atoms with Crippen LogP contribution in [0.3, 0.4) is 0 Å². The third-order valence-electron chi connectivity index (χ3n) is 3.17. The zero-order valence-electron chi connectivity index (χ0n) is 9.35. The van der Waals surface area contributed by atoms with Gasteiger partial charge >= 0.3 is 0 Å². The maximum absolute atomic E-state index is 6.26. The van der Waals surface area contributed by atoms with Crippen molar-refractivity contribution in [2.75, 3.05) is 0 Å². The Morgan fingerprint density at radius 3 is 2.89 bits per heavy atom. The first kappa shape index (κ1) is 10.3. The molecule has 0 spiro atoms. The minimum atomic E-state index is 0.825. The summed E-state index contributed by atoms with van der Waals surface area (Å²) in [6.07, 6.45) is 1.83. The molecule has 0 aliphatic heterocycles. The summed E-state index contributed by atoms with van der Waals surface area (Å²) in [7, 11) is 0. The van der Waals surface area contributed by atoms with E-state index in [-0.39, 0.29) is 0 Å². The molecule has 0 aliphatic carbocycles. The largest absolute Gasteiger partial charge is 0.256 e. The molecule has 0 atom stereocenters. The Morgan fingerprint density at radius 1 is 1.00 bits per heavy atom. The van der Waals surface area contributed by atoms with E-state index in [9.17, 15) is 0 Å². The maximum atomic E-state index is 6.26. The third-order valence-corrected chi connectivity index (χ3v) is 4.80. The van der Waals surface area contributed by atoms with Crippen LogP contribution < -0.4 is 0 Å². The summed E-state index contributed by atoms with van der Waals surface area (Å²) in [5.41, 5.74) is 1.03. The molecule has 0 aliphatic rings. The molecular weight excluding hydrogens is 262 g/mol. The molecule has 0 saturated heterocycles. The van der Waals surface area contributed by atoms with Gasteiger partial charge in [-0.25, -0.2) is 0 Å². The van der Waals surface area contributed by atoms with E-state index in [1.165, 1.54) is 20.9 Å². The van der Waals surface area contributed by atoms with Crippen LogP contribution in [0.15, 0.2) is 48.7 Å². The Labute approximate surface area is 113 Å². The number of halogens is 1. The molecule has 18 heavy (non-hydrogen) atoms. The molecule has 2 aromatic carbocycles. The standard InChI is InChI=1S/C15H8ClNS/c16-12-5-1-4-10-11-8-13-9(3-2-6-17-13)7-14(11)18-15(10)12/h1-8H. The van der Waals surface area contributed by atoms with Crippen LogP contribution in [0.2, 0.25) is 5.02 Å². The summed E-state index contributed by atoms with van der Waals surface area (Å²) in [4.78, 5) is 4.41. The summed E-state index contributed by atoms with van der Waals surface area (Å²) in [5.74, 6) is 0. The van der Waals surface area contributed by atoms with Gasteiger partial charge in [-0.2, -0.15) is 0 Å². The van der Waals surface area contributed by atoms with Crippen molar-refractivity contribution in [3.63, 3.8) is 0 Å². The van der Waals surface area contributed by atoms with Crippen molar-refractivity contribution in [1.29, 1.82) is 0 Å². The highest BCUT2D eigenvalue weighted by Gasteiger charge is 2.08. The Kier molecular flexibility index (Phi) is 2.10. The summed E-state index contributed by atoms with van der Waals surface area (Å²) < 4.78 is 2.42. The van der Waals surface area contributed by atoms with Crippen molar-refractivity contribution in [3.8, 4) is 0 Å². The smallest absolute Gasteiger partial charge is 0.0709 e. The van der Waals surface area contributed by atoms with Crippen LogP contribution in [0.4, 0.5) is 0 Å². The fraction of sp³-hybridized carbons (Fsp3) is 0. The molecule has 86 valence electrons. The predicted molar refractivity (Wildman–Crippen MR) is 79.6 cm³/mol. The Bertz CT molecular complexity index is 895. The van der Waals surface area contributed by atoms with Gasteiger partial charge in [0.25, 0.3) is 0 Å². The lowest BCUT2D eigenvalue weighted by atomic mass is 10.1. The Morgan fingerprint density at radius 2 is 1.94 bits per heavy atom. The van der Waals surface area contributed by atoms with Crippen molar-refractivity contribution >= 4 is 54.0 Å². The number of benzene rings is 2. The normalized spacial score (nSPS) is 11.6. The van der Waals surface area contributed by atoms with Crippen LogP contribution in [-0.4, -0.2) is 4.98 Å². The van der Waals surface area contributed by atoms with E-state index < -0.39 is 0 Å². The number of hydrogen-bond donors (Lipinski definition) is 0. The van der Waals surface area contributed by atoms with Crippen LogP contribution in [0.25, 0.3) is 31.1 Å². The molecule has 0 saturated carbocycles. The number of aromatic nitrogens is 1. The summed E-state index contributed by atoms with van der Waals surface area (Å²) >= 11 is 8.00. The fourth-order valence-electron chi connectivity index (χ4n) is 2.33. The lowest BCUT2D eigenvalue weighted by Crippen LogP contribution is -1.76. The number of thiophene rings is 1. The van der Waals surface area contributed by atoms with Gasteiger partial charge in [0, 0.05) is 27.1 Å². The molecule has 1 nitrogen and oxygen atoms in total. The average Bonchev–Trinajstić information content (AvgIpc) is 2.76. The van der Waals surface area contributed by atoms with E-state index >= 15 is 0 Å². The molecule has 3 heteroatoms. The van der Waals surface area contributed by atoms with Crippen LogP contribution in [-0.2, 0) is 0 Å². The third kappa shape index (κ3) is 1.36. The van der Waals surface area contributed by atoms with Gasteiger partial charge in [-0.3, -0.25) is 4.98 Å². The minimum Gasteiger partial charge on any atom is -0.256 e. The van der Waals surface area contributed by atoms with Crippen LogP contribution in [0.5, 0.6) is 0 Å². The quantitative estimate of drug-likeness (QED) is 0.424. The van der Waals surface area contributed by atoms with Gasteiger partial charge in [-0.05, 0) is 24.3 Å². The maximum Gasteiger partial charge on any atom is 0.0709 e. The monoisotopic (exact) mass is 269 g/mol. The van der Waals surface area contributed by atoms with Gasteiger partial charge in [-0.1, -0.05) is 29.8 Å². The number of hydrogen-bond acceptors (Lipinski definition) is 2. The van der Waals surface area contributed by atoms with E-state index in [0.29, 0.717) is 0 Å². The Balaban J connectivity index is 2.27. The van der Waals surface area contributed by atoms with Crippen LogP contribution in [0.1, 0.15) is 0 Å². The lowest BCUT2D eigenvalue weighted by molar-refractivity contribution is 1.42. The van der Waals surface area contributed by atoms with E-state index in [1.807, 2.05) is 24.4 Å². The Hall–Kier alpha value is -1.64. The molecule has 4 aromatic rings. The molecule has 0 N–H and O–H groups in total. The fourth-order valence-corrected chi connectivity index (χ4v) is 3.76. The zero-order chi connectivity index (χ0) is 12.1. The molecular formula is C15H8ClNS. The highest BCUT2D eigenvalue weighted by atomic mass is 35.5. The molecule has 4 rings (SSSR count). The van der Waals surface area contributed by atoms with Crippen molar-refractivity contribution in [2.45, 2.75) is 0 Å². The second kappa shape index (κ2) is 3.67. The second-order valence-corrected chi connectivity index (χ2v) is 5.72. The van der Waals surface area contributed by atoms with E-state index in [4.69, 9.17) is 11.6 Å². The average molecular weight is 270 g/mol. The highest BCUT2D eigenvalue weighted by Crippen LogP contribution is 2.39. The van der Waals surface area contributed by atoms with E-state index in [2.05, 4.69) is 29.2 Å². The number of rotatable bonds is 0. The van der Waals surface area contributed by atoms with Crippen LogP contribution >= 0.6 is 22.9 Å². The number of pyridine rings is 1. The van der Waals surface area contributed by atoms with Crippen LogP contribution in [0, 0.1) is 0 Å². The summed E-state index contributed by atoms with van der Waals surface area (Å²) in [5, 5.41) is 4.46. The van der Waals surface area contributed by atoms with Gasteiger partial charge in [0.05, 0.1) is 15.2 Å². The van der Waals surface area contributed by atoms with Gasteiger partial charge in [0.15, 0.2) is 0 Å². The number of fused-ring (bicyclic) bond motifs is 4. The van der Waals surface area contributed by atoms with E-state index in [1.54, 1.807) is 11.3 Å². The number of nitrogens with zero attached hydrogens (tertiary/aromatic N) is 1. The minimum absolute atomic E-state index is 0.825. The molecule has 0 fully saturated rings. The first-order chi connectivity index (χ1) is 8.83. The molecule has 2 heterocycles. The molecule has 2 aromatic heterocycles. The first-order valence-electron chi connectivity index (χ1n) is 5.68. The zero-order valence-corrected chi connectivity index (χ0v) is 10.9. The second-order valence-electron chi connectivity index (χ2n) is 4.26. The van der Waals surface area contributed by atoms with Gasteiger partial charge in [-0.15, -0.1) is 11.3 Å². The van der Waals surface area contributed by atoms with Crippen molar-refractivity contribution in [3.05, 3.63) is 53.7 Å². The van der Waals surface area contributed by atoms with Crippen molar-refractivity contribution in [2.24, 2.45) is 0 Å². The molecule has 0 unspecified atom stereocenters. The molecule has 0 radical (unpaired) electrons. The predicted octanol–water partition coefficient (Wildman–Crippen LogP) is 5.26. The van der Waals surface area contributed by atoms with Gasteiger partial charge < -0.3 is 0 Å². The molecule has 0 bridgehead atoms. The summed E-state index contributed by atoms with van der Waals surface area (Å²) in [6, 6.07) is 14.5. The lowest BCUT2D eigenvalue weighted by Gasteiger charge is -1.97. The van der Waals surface area contributed by atoms with Gasteiger partial charge in [0.1, 0.15) is 0 Å². The van der Waals surface area contributed by atoms with Crippen molar-refractivity contribution < 1.29 is 0 Å². The highest BCUT2D eigenvalue weighted by molar-refractivity contribution is 7.26. The topological polar surface area (TPSA) is 12.9 Å². The first-order valence-corrected chi connectivity index (χ1v) is 6.88. The van der Waals surface area contributed by atoms with Gasteiger partial charge in [0.2, 0.25) is 0 Å². The summed E-state index contributed by atoms with van der Waals surface area (Å²) in [6.45, 7) is 0.